The molecule has 1 aromatic carbocycles. The maximum absolute atomic E-state index is 13.1. The van der Waals surface area contributed by atoms with Gasteiger partial charge in [0.05, 0.1) is 12.8 Å². The van der Waals surface area contributed by atoms with Crippen molar-refractivity contribution in [2.24, 2.45) is 0 Å². The highest BCUT2D eigenvalue weighted by molar-refractivity contribution is 7.49. The van der Waals surface area contributed by atoms with Crippen LogP contribution in [0.2, 0.25) is 0 Å². The van der Waals surface area contributed by atoms with E-state index in [4.69, 9.17) is 14.5 Å². The minimum atomic E-state index is -4.42. The van der Waals surface area contributed by atoms with Crippen LogP contribution in [-0.2, 0) is 4.57 Å². The van der Waals surface area contributed by atoms with E-state index in [0.717, 1.165) is 0 Å². The third-order valence-electron chi connectivity index (χ3n) is 1.51. The molecular weight excluding hydrogens is 226 g/mol. The Hall–Kier alpha value is -1.14. The quantitative estimate of drug-likeness (QED) is 0.457. The molecule has 84 valence electrons. The van der Waals surface area contributed by atoms with Gasteiger partial charge in [0.1, 0.15) is 0 Å². The van der Waals surface area contributed by atoms with Gasteiger partial charge in [-0.3, -0.25) is 0 Å². The summed E-state index contributed by atoms with van der Waals surface area (Å²) in [4.78, 5) is 17.0. The molecule has 0 unspecified atom stereocenters. The molecule has 0 amide bonds. The van der Waals surface area contributed by atoms with Crippen molar-refractivity contribution in [1.29, 1.82) is 0 Å². The van der Waals surface area contributed by atoms with Crippen LogP contribution in [0.5, 0.6) is 5.75 Å². The molecule has 0 bridgehead atoms. The molecule has 0 saturated heterocycles. The number of halogens is 1. The van der Waals surface area contributed by atoms with Crippen molar-refractivity contribution in [3.05, 3.63) is 24.0 Å². The summed E-state index contributed by atoms with van der Waals surface area (Å²) in [6, 6.07) is 3.95. The van der Waals surface area contributed by atoms with Crippen LogP contribution in [0.25, 0.3) is 0 Å². The topological polar surface area (TPSA) is 90.8 Å². The highest BCUT2D eigenvalue weighted by Gasteiger charge is 2.14. The van der Waals surface area contributed by atoms with Crippen LogP contribution in [0.3, 0.4) is 0 Å². The van der Waals surface area contributed by atoms with Crippen LogP contribution in [0, 0.1) is 5.82 Å². The van der Waals surface area contributed by atoms with Crippen molar-refractivity contribution in [3.63, 3.8) is 0 Å². The Balaban J connectivity index is 2.85. The molecule has 1 rings (SSSR count). The number of benzene rings is 1. The number of anilines is 1. The predicted molar refractivity (Wildman–Crippen MR) is 51.8 cm³/mol. The first-order chi connectivity index (χ1) is 6.94. The van der Waals surface area contributed by atoms with Gasteiger partial charge in [-0.25, -0.2) is 8.96 Å². The summed E-state index contributed by atoms with van der Waals surface area (Å²) in [7, 11) is -3.16. The van der Waals surface area contributed by atoms with Crippen molar-refractivity contribution in [2.75, 3.05) is 12.5 Å². The first-order valence-corrected chi connectivity index (χ1v) is 5.46. The lowest BCUT2D eigenvalue weighted by atomic mass is 10.3. The van der Waals surface area contributed by atoms with E-state index in [-0.39, 0.29) is 11.4 Å². The van der Waals surface area contributed by atoms with Gasteiger partial charge in [0.15, 0.2) is 11.6 Å². The molecule has 6 nitrogen and oxygen atoms in total. The fraction of sp³-hybridized carbons (Fsp3) is 0.143. The third-order valence-corrected chi connectivity index (χ3v) is 1.91. The van der Waals surface area contributed by atoms with E-state index in [1.54, 1.807) is 5.20 Å². The van der Waals surface area contributed by atoms with Gasteiger partial charge in [0, 0.05) is 0 Å². The predicted octanol–water partition coefficient (Wildman–Crippen LogP) is 0.843. The van der Waals surface area contributed by atoms with E-state index in [9.17, 15) is 8.96 Å². The number of hydrogen-bond acceptors (Lipinski definition) is 3. The molecule has 0 fully saturated rings. The second-order valence-corrected chi connectivity index (χ2v) is 3.91. The Morgan fingerprint density at radius 1 is 1.47 bits per heavy atom. The minimum Gasteiger partial charge on any atom is -0.492 e. The number of hydrogen-bond donors (Lipinski definition) is 4. The van der Waals surface area contributed by atoms with Crippen molar-refractivity contribution in [2.45, 2.75) is 0 Å². The van der Waals surface area contributed by atoms with Gasteiger partial charge < -0.3 is 19.9 Å². The second-order valence-electron chi connectivity index (χ2n) is 2.60. The van der Waals surface area contributed by atoms with Crippen LogP contribution >= 0.6 is 7.75 Å². The molecule has 4 N–H and O–H groups in total. The number of hydrazine groups is 1. The summed E-state index contributed by atoms with van der Waals surface area (Å²) in [5.74, 6) is -0.756. The van der Waals surface area contributed by atoms with Crippen molar-refractivity contribution >= 4 is 13.4 Å². The molecule has 0 radical (unpaired) electrons. The van der Waals surface area contributed by atoms with Crippen molar-refractivity contribution in [3.8, 4) is 5.75 Å². The Labute approximate surface area is 85.3 Å². The van der Waals surface area contributed by atoms with Crippen molar-refractivity contribution < 1.29 is 23.5 Å². The van der Waals surface area contributed by atoms with Crippen LogP contribution in [0.15, 0.2) is 18.2 Å². The minimum absolute atomic E-state index is 0.0980. The fourth-order valence-corrected chi connectivity index (χ4v) is 1.21. The van der Waals surface area contributed by atoms with Gasteiger partial charge in [-0.15, -0.1) is 5.20 Å². The van der Waals surface area contributed by atoms with E-state index in [1.807, 2.05) is 0 Å². The van der Waals surface area contributed by atoms with Crippen molar-refractivity contribution in [1.82, 2.24) is 5.20 Å². The molecular formula is C7H10FN2O4P. The average molecular weight is 236 g/mol. The molecule has 15 heavy (non-hydrogen) atoms. The highest BCUT2D eigenvalue weighted by atomic mass is 31.2. The van der Waals surface area contributed by atoms with Gasteiger partial charge in [-0.2, -0.15) is 0 Å². The summed E-state index contributed by atoms with van der Waals surface area (Å²) in [6.07, 6.45) is 0. The maximum Gasteiger partial charge on any atom is 0.417 e. The van der Waals surface area contributed by atoms with E-state index >= 15 is 0 Å². The lowest BCUT2D eigenvalue weighted by Gasteiger charge is -2.12. The fourth-order valence-electron chi connectivity index (χ4n) is 0.948. The maximum atomic E-state index is 13.1. The Morgan fingerprint density at radius 3 is 2.67 bits per heavy atom. The van der Waals surface area contributed by atoms with Gasteiger partial charge in [0.2, 0.25) is 0 Å². The number of methoxy groups -OCH3 is 1. The third kappa shape index (κ3) is 3.49. The zero-order chi connectivity index (χ0) is 11.5. The first kappa shape index (κ1) is 11.9. The van der Waals surface area contributed by atoms with Crippen LogP contribution < -0.4 is 15.4 Å². The highest BCUT2D eigenvalue weighted by Crippen LogP contribution is 2.31. The summed E-state index contributed by atoms with van der Waals surface area (Å²) < 4.78 is 28.3. The molecule has 0 atom stereocenters. The SMILES string of the molecule is COc1c(F)cccc1NNP(=O)(O)O. The summed E-state index contributed by atoms with van der Waals surface area (Å²) in [5, 5.41) is 1.71. The number of ether oxygens (including phenoxy) is 1. The van der Waals surface area contributed by atoms with Crippen LogP contribution in [0.1, 0.15) is 0 Å². The number of nitrogens with one attached hydrogen (secondary N) is 2. The molecule has 8 heteroatoms. The van der Waals surface area contributed by atoms with Crippen LogP contribution in [-0.4, -0.2) is 16.9 Å². The monoisotopic (exact) mass is 236 g/mol. The zero-order valence-corrected chi connectivity index (χ0v) is 8.66. The first-order valence-electron chi connectivity index (χ1n) is 3.85. The lowest BCUT2D eigenvalue weighted by Crippen LogP contribution is -2.18. The number of rotatable bonds is 4. The standard InChI is InChI=1S/C7H10FN2O4P/c1-14-7-5(8)3-2-4-6(7)9-10-15(11,12)13/h2-4,9H,1H3,(H3,10,11,12,13). The largest absolute Gasteiger partial charge is 0.492 e. The molecule has 0 aromatic heterocycles. The molecule has 0 heterocycles. The van der Waals surface area contributed by atoms with E-state index < -0.39 is 13.6 Å². The zero-order valence-electron chi connectivity index (χ0n) is 7.77. The second kappa shape index (κ2) is 4.59. The molecule has 0 saturated carbocycles. The van der Waals surface area contributed by atoms with E-state index in [2.05, 4.69) is 5.43 Å². The Morgan fingerprint density at radius 2 is 2.13 bits per heavy atom. The Kier molecular flexibility index (Phi) is 3.65. The molecule has 0 aliphatic heterocycles. The molecule has 0 aliphatic rings. The van der Waals surface area contributed by atoms with Gasteiger partial charge in [-0.1, -0.05) is 6.07 Å². The van der Waals surface area contributed by atoms with Gasteiger partial charge >= 0.3 is 7.75 Å². The molecule has 0 spiro atoms. The lowest BCUT2D eigenvalue weighted by molar-refractivity contribution is 0.361. The van der Waals surface area contributed by atoms with Gasteiger partial charge in [-0.05, 0) is 12.1 Å². The summed E-state index contributed by atoms with van der Waals surface area (Å²) >= 11 is 0. The van der Waals surface area contributed by atoms with E-state index in [1.165, 1.54) is 25.3 Å². The summed E-state index contributed by atoms with van der Waals surface area (Å²) in [5.41, 5.74) is 2.26. The molecule has 1 aromatic rings. The van der Waals surface area contributed by atoms with Gasteiger partial charge in [0.25, 0.3) is 0 Å². The molecule has 0 aliphatic carbocycles. The summed E-state index contributed by atoms with van der Waals surface area (Å²) in [6.45, 7) is 0. The Bertz CT molecular complexity index is 395. The van der Waals surface area contributed by atoms with E-state index in [0.29, 0.717) is 0 Å². The smallest absolute Gasteiger partial charge is 0.417 e. The normalized spacial score (nSPS) is 11.2. The average Bonchev–Trinajstić information content (AvgIpc) is 2.13. The van der Waals surface area contributed by atoms with Crippen LogP contribution in [0.4, 0.5) is 10.1 Å². The number of para-hydroxylation sites is 1.